The molecule has 0 aliphatic heterocycles. The molecule has 2 amide bonds. The highest BCUT2D eigenvalue weighted by Crippen LogP contribution is 2.17. The average Bonchev–Trinajstić information content (AvgIpc) is 3.40. The third-order valence-corrected chi connectivity index (χ3v) is 6.31. The molecule has 8 nitrogen and oxygen atoms in total. The van der Waals surface area contributed by atoms with Crippen molar-refractivity contribution in [1.29, 1.82) is 0 Å². The van der Waals surface area contributed by atoms with Gasteiger partial charge in [-0.2, -0.15) is 23.5 Å². The zero-order chi connectivity index (χ0) is 24.8. The minimum Gasteiger partial charge on any atom is -0.464 e. The highest BCUT2D eigenvalue weighted by molar-refractivity contribution is 7.98. The van der Waals surface area contributed by atoms with Crippen LogP contribution in [0.1, 0.15) is 23.0 Å². The van der Waals surface area contributed by atoms with Crippen molar-refractivity contribution in [1.82, 2.24) is 20.4 Å². The lowest BCUT2D eigenvalue weighted by atomic mass is 10.4. The molecular formula is C24H36N4O4S2. The van der Waals surface area contributed by atoms with Gasteiger partial charge in [0, 0.05) is 36.7 Å². The van der Waals surface area contributed by atoms with Crippen LogP contribution in [0.3, 0.4) is 0 Å². The van der Waals surface area contributed by atoms with Crippen LogP contribution < -0.4 is 10.6 Å². The number of carbonyl (C=O) groups is 2. The van der Waals surface area contributed by atoms with E-state index in [1.54, 1.807) is 23.5 Å². The van der Waals surface area contributed by atoms with E-state index in [9.17, 15) is 9.59 Å². The van der Waals surface area contributed by atoms with Crippen LogP contribution >= 0.6 is 23.5 Å². The second-order valence-electron chi connectivity index (χ2n) is 8.23. The molecule has 0 fully saturated rings. The Balaban J connectivity index is 1.49. The zero-order valence-electron chi connectivity index (χ0n) is 20.5. The van der Waals surface area contributed by atoms with Gasteiger partial charge in [-0.05, 0) is 52.5 Å². The molecule has 2 N–H and O–H groups in total. The van der Waals surface area contributed by atoms with Crippen molar-refractivity contribution in [2.24, 2.45) is 0 Å². The molecule has 0 aromatic carbocycles. The van der Waals surface area contributed by atoms with Gasteiger partial charge in [-0.15, -0.1) is 0 Å². The molecule has 0 spiro atoms. The second-order valence-corrected chi connectivity index (χ2v) is 10.4. The number of thioether (sulfide) groups is 2. The summed E-state index contributed by atoms with van der Waals surface area (Å²) < 4.78 is 11.5. The van der Waals surface area contributed by atoms with Crippen molar-refractivity contribution in [2.45, 2.75) is 24.6 Å². The molecule has 188 valence electrons. The third-order valence-electron chi connectivity index (χ3n) is 4.34. The highest BCUT2D eigenvalue weighted by atomic mass is 32.2. The number of rotatable bonds is 16. The van der Waals surface area contributed by atoms with Crippen molar-refractivity contribution in [3.63, 3.8) is 0 Å². The summed E-state index contributed by atoms with van der Waals surface area (Å²) in [4.78, 5) is 27.8. The zero-order valence-corrected chi connectivity index (χ0v) is 22.1. The van der Waals surface area contributed by atoms with Crippen LogP contribution in [0.15, 0.2) is 45.3 Å². The van der Waals surface area contributed by atoms with Gasteiger partial charge in [0.05, 0.1) is 24.6 Å². The fourth-order valence-electron chi connectivity index (χ4n) is 2.90. The van der Waals surface area contributed by atoms with E-state index in [1.807, 2.05) is 52.5 Å². The maximum absolute atomic E-state index is 11.9. The van der Waals surface area contributed by atoms with Crippen LogP contribution in [0.25, 0.3) is 0 Å². The monoisotopic (exact) mass is 508 g/mol. The quantitative estimate of drug-likeness (QED) is 0.264. The molecule has 0 aliphatic rings. The van der Waals surface area contributed by atoms with E-state index in [0.717, 1.165) is 59.1 Å². The molecule has 10 heteroatoms. The molecule has 2 aromatic heterocycles. The SMILES string of the molecule is CN(C)Cc1ccc(CSCCNC(=O)/C=C/C(=O)NCCSCc2ccc(CN(C)C)o2)o1. The number of hydrogen-bond acceptors (Lipinski definition) is 8. The van der Waals surface area contributed by atoms with Gasteiger partial charge in [0.25, 0.3) is 0 Å². The highest BCUT2D eigenvalue weighted by Gasteiger charge is 2.05. The fourth-order valence-corrected chi connectivity index (χ4v) is 4.39. The minimum absolute atomic E-state index is 0.275. The Labute approximate surface area is 210 Å². The molecule has 0 aliphatic carbocycles. The van der Waals surface area contributed by atoms with Gasteiger partial charge in [0.15, 0.2) is 0 Å². The smallest absolute Gasteiger partial charge is 0.244 e. The first kappa shape index (κ1) is 28.1. The normalized spacial score (nSPS) is 11.6. The summed E-state index contributed by atoms with van der Waals surface area (Å²) in [5, 5.41) is 5.56. The van der Waals surface area contributed by atoms with Gasteiger partial charge >= 0.3 is 0 Å². The van der Waals surface area contributed by atoms with Crippen LogP contribution in [0.2, 0.25) is 0 Å². The summed E-state index contributed by atoms with van der Waals surface area (Å²) in [5.41, 5.74) is 0. The summed E-state index contributed by atoms with van der Waals surface area (Å²) in [6.45, 7) is 2.62. The summed E-state index contributed by atoms with van der Waals surface area (Å²) in [7, 11) is 8.01. The lowest BCUT2D eigenvalue weighted by molar-refractivity contribution is -0.118. The summed E-state index contributed by atoms with van der Waals surface area (Å²) in [6.07, 6.45) is 2.53. The largest absolute Gasteiger partial charge is 0.464 e. The third kappa shape index (κ3) is 12.4. The summed E-state index contributed by atoms with van der Waals surface area (Å²) in [5.74, 6) is 6.25. The molecule has 2 rings (SSSR count). The molecule has 0 unspecified atom stereocenters. The van der Waals surface area contributed by atoms with E-state index >= 15 is 0 Å². The lowest BCUT2D eigenvalue weighted by Gasteiger charge is -2.06. The molecule has 0 atom stereocenters. The van der Waals surface area contributed by atoms with Crippen molar-refractivity contribution >= 4 is 35.3 Å². The number of hydrogen-bond donors (Lipinski definition) is 2. The number of amides is 2. The van der Waals surface area contributed by atoms with Gasteiger partial charge < -0.3 is 29.3 Å². The van der Waals surface area contributed by atoms with Gasteiger partial charge in [-0.25, -0.2) is 0 Å². The Hall–Kier alpha value is -2.14. The summed E-state index contributed by atoms with van der Waals surface area (Å²) >= 11 is 3.37. The first-order valence-electron chi connectivity index (χ1n) is 11.2. The number of nitrogens with zero attached hydrogens (tertiary/aromatic N) is 2. The van der Waals surface area contributed by atoms with Gasteiger partial charge in [-0.1, -0.05) is 0 Å². The van der Waals surface area contributed by atoms with Crippen molar-refractivity contribution in [2.75, 3.05) is 52.8 Å². The molecule has 34 heavy (non-hydrogen) atoms. The Morgan fingerprint density at radius 1 is 0.735 bits per heavy atom. The molecule has 2 heterocycles. The van der Waals surface area contributed by atoms with Crippen LogP contribution in [0.4, 0.5) is 0 Å². The lowest BCUT2D eigenvalue weighted by Crippen LogP contribution is -2.26. The Bertz CT molecular complexity index is 836. The number of carbonyl (C=O) groups excluding carboxylic acids is 2. The maximum atomic E-state index is 11.9. The fraction of sp³-hybridized carbons (Fsp3) is 0.500. The van der Waals surface area contributed by atoms with Gasteiger partial charge in [0.1, 0.15) is 23.0 Å². The predicted molar refractivity (Wildman–Crippen MR) is 140 cm³/mol. The molecular weight excluding hydrogens is 472 g/mol. The maximum Gasteiger partial charge on any atom is 0.244 e. The van der Waals surface area contributed by atoms with Crippen LogP contribution in [0, 0.1) is 0 Å². The molecule has 2 aromatic rings. The molecule has 0 bridgehead atoms. The Morgan fingerprint density at radius 3 is 1.50 bits per heavy atom. The van der Waals surface area contributed by atoms with Crippen molar-refractivity contribution < 1.29 is 18.4 Å². The molecule has 0 saturated heterocycles. The predicted octanol–water partition coefficient (Wildman–Crippen LogP) is 2.95. The van der Waals surface area contributed by atoms with Crippen molar-refractivity contribution in [3.05, 3.63) is 59.5 Å². The van der Waals surface area contributed by atoms with Gasteiger partial charge in [0.2, 0.25) is 11.8 Å². The second kappa shape index (κ2) is 15.7. The van der Waals surface area contributed by atoms with Crippen LogP contribution in [-0.2, 0) is 34.2 Å². The van der Waals surface area contributed by atoms with Crippen molar-refractivity contribution in [3.8, 4) is 0 Å². The van der Waals surface area contributed by atoms with Crippen LogP contribution in [0.5, 0.6) is 0 Å². The standard InChI is InChI=1S/C24H36N4O4S2/c1-27(2)15-19-5-7-21(31-19)17-33-13-11-25-23(29)9-10-24(30)26-12-14-34-18-22-8-6-20(32-22)16-28(3)4/h5-10H,11-18H2,1-4H3,(H,25,29)(H,26,30)/b10-9+. The first-order chi connectivity index (χ1) is 16.3. The topological polar surface area (TPSA) is 91.0 Å². The average molecular weight is 509 g/mol. The Morgan fingerprint density at radius 2 is 1.12 bits per heavy atom. The van der Waals surface area contributed by atoms with Gasteiger partial charge in [-0.3, -0.25) is 9.59 Å². The molecule has 0 saturated carbocycles. The van der Waals surface area contributed by atoms with E-state index in [-0.39, 0.29) is 11.8 Å². The molecule has 0 radical (unpaired) electrons. The minimum atomic E-state index is -0.275. The van der Waals surface area contributed by atoms with E-state index < -0.39 is 0 Å². The summed E-state index contributed by atoms with van der Waals surface area (Å²) in [6, 6.07) is 7.97. The van der Waals surface area contributed by atoms with Crippen LogP contribution in [-0.4, -0.2) is 74.4 Å². The number of nitrogens with one attached hydrogen (secondary N) is 2. The Kier molecular flexibility index (Phi) is 13.0. The van der Waals surface area contributed by atoms with E-state index in [2.05, 4.69) is 20.4 Å². The van der Waals surface area contributed by atoms with E-state index in [4.69, 9.17) is 8.83 Å². The van der Waals surface area contributed by atoms with E-state index in [0.29, 0.717) is 13.1 Å². The number of furan rings is 2. The van der Waals surface area contributed by atoms with E-state index in [1.165, 1.54) is 12.2 Å². The first-order valence-corrected chi connectivity index (χ1v) is 13.5.